The van der Waals surface area contributed by atoms with Crippen molar-refractivity contribution in [2.24, 2.45) is 11.8 Å². The smallest absolute Gasteiger partial charge is 0.319 e. The van der Waals surface area contributed by atoms with Crippen LogP contribution in [0.5, 0.6) is 0 Å². The van der Waals surface area contributed by atoms with Crippen molar-refractivity contribution in [3.05, 3.63) is 0 Å². The zero-order chi connectivity index (χ0) is 15.2. The number of rotatable bonds is 4. The van der Waals surface area contributed by atoms with E-state index in [4.69, 9.17) is 0 Å². The van der Waals surface area contributed by atoms with Gasteiger partial charge in [0.15, 0.2) is 0 Å². The summed E-state index contributed by atoms with van der Waals surface area (Å²) in [6, 6.07) is 0.767. The van der Waals surface area contributed by atoms with E-state index in [1.54, 1.807) is 4.90 Å². The van der Waals surface area contributed by atoms with Crippen molar-refractivity contribution in [3.8, 4) is 0 Å². The highest BCUT2D eigenvalue weighted by atomic mass is 16.2. The maximum Gasteiger partial charge on any atom is 0.319 e. The number of piperidine rings is 1. The number of carbonyl (C=O) groups is 1. The second-order valence-electron chi connectivity index (χ2n) is 7.31. The van der Waals surface area contributed by atoms with Gasteiger partial charge in [-0.3, -0.25) is 0 Å². The second kappa shape index (κ2) is 8.02. The third-order valence-electron chi connectivity index (χ3n) is 5.27. The molecule has 2 rings (SSSR count). The molecular formula is C17H33N3O. The summed E-state index contributed by atoms with van der Waals surface area (Å²) in [5.41, 5.74) is 0. The standard InChI is InChI=1S/C17H33N3O/c1-14-4-6-15(7-5-14)8-11-18-16-9-12-20(13-10-16)17(21)19(2)3/h14-16,18H,4-13H2,1-3H3. The van der Waals surface area contributed by atoms with E-state index in [-0.39, 0.29) is 6.03 Å². The summed E-state index contributed by atoms with van der Waals surface area (Å²) in [5.74, 6) is 1.90. The average Bonchev–Trinajstić information content (AvgIpc) is 2.49. The van der Waals surface area contributed by atoms with Gasteiger partial charge in [-0.25, -0.2) is 4.79 Å². The van der Waals surface area contributed by atoms with E-state index >= 15 is 0 Å². The van der Waals surface area contributed by atoms with Gasteiger partial charge in [0.1, 0.15) is 0 Å². The number of nitrogens with one attached hydrogen (secondary N) is 1. The Bertz CT molecular complexity index is 316. The van der Waals surface area contributed by atoms with E-state index in [1.165, 1.54) is 32.1 Å². The molecule has 0 aromatic carbocycles. The lowest BCUT2D eigenvalue weighted by Gasteiger charge is -2.34. The number of carbonyl (C=O) groups excluding carboxylic acids is 1. The Labute approximate surface area is 130 Å². The molecule has 1 aliphatic carbocycles. The van der Waals surface area contributed by atoms with Crippen LogP contribution in [0, 0.1) is 11.8 Å². The summed E-state index contributed by atoms with van der Waals surface area (Å²) < 4.78 is 0. The van der Waals surface area contributed by atoms with Crippen LogP contribution < -0.4 is 5.32 Å². The SMILES string of the molecule is CC1CCC(CCNC2CCN(C(=O)N(C)C)CC2)CC1. The van der Waals surface area contributed by atoms with Gasteiger partial charge in [0.05, 0.1) is 0 Å². The van der Waals surface area contributed by atoms with Gasteiger partial charge in [0, 0.05) is 33.2 Å². The molecule has 122 valence electrons. The summed E-state index contributed by atoms with van der Waals surface area (Å²) in [4.78, 5) is 15.5. The minimum absolute atomic E-state index is 0.157. The molecule has 2 fully saturated rings. The normalized spacial score (nSPS) is 27.7. The van der Waals surface area contributed by atoms with Crippen LogP contribution in [0.15, 0.2) is 0 Å². The molecule has 1 aliphatic heterocycles. The fourth-order valence-electron chi connectivity index (χ4n) is 3.67. The van der Waals surface area contributed by atoms with E-state index in [0.717, 1.165) is 44.3 Å². The average molecular weight is 295 g/mol. The van der Waals surface area contributed by atoms with E-state index in [1.807, 2.05) is 19.0 Å². The van der Waals surface area contributed by atoms with Gasteiger partial charge in [-0.15, -0.1) is 0 Å². The molecule has 0 unspecified atom stereocenters. The largest absolute Gasteiger partial charge is 0.331 e. The number of urea groups is 1. The Morgan fingerprint density at radius 2 is 1.71 bits per heavy atom. The maximum absolute atomic E-state index is 11.9. The fourth-order valence-corrected chi connectivity index (χ4v) is 3.67. The van der Waals surface area contributed by atoms with Crippen LogP contribution in [0.25, 0.3) is 0 Å². The Morgan fingerprint density at radius 1 is 1.10 bits per heavy atom. The minimum atomic E-state index is 0.157. The zero-order valence-electron chi connectivity index (χ0n) is 14.1. The number of hydrogen-bond acceptors (Lipinski definition) is 2. The predicted molar refractivity (Wildman–Crippen MR) is 87.4 cm³/mol. The Kier molecular flexibility index (Phi) is 6.34. The van der Waals surface area contributed by atoms with Crippen molar-refractivity contribution in [3.63, 3.8) is 0 Å². The van der Waals surface area contributed by atoms with Crippen LogP contribution in [-0.2, 0) is 0 Å². The first-order valence-corrected chi connectivity index (χ1v) is 8.76. The zero-order valence-corrected chi connectivity index (χ0v) is 14.1. The van der Waals surface area contributed by atoms with Crippen molar-refractivity contribution >= 4 is 6.03 Å². The van der Waals surface area contributed by atoms with Crippen LogP contribution in [0.3, 0.4) is 0 Å². The number of amides is 2. The minimum Gasteiger partial charge on any atom is -0.331 e. The number of hydrogen-bond donors (Lipinski definition) is 1. The lowest BCUT2D eigenvalue weighted by molar-refractivity contribution is 0.152. The molecule has 0 aromatic heterocycles. The van der Waals surface area contributed by atoms with Crippen molar-refractivity contribution in [1.82, 2.24) is 15.1 Å². The molecule has 1 saturated carbocycles. The van der Waals surface area contributed by atoms with Crippen LogP contribution in [0.1, 0.15) is 51.9 Å². The van der Waals surface area contributed by atoms with Gasteiger partial charge >= 0.3 is 6.03 Å². The molecule has 4 nitrogen and oxygen atoms in total. The van der Waals surface area contributed by atoms with Gasteiger partial charge in [0.2, 0.25) is 0 Å². The Morgan fingerprint density at radius 3 is 2.29 bits per heavy atom. The quantitative estimate of drug-likeness (QED) is 0.865. The van der Waals surface area contributed by atoms with Crippen molar-refractivity contribution in [2.45, 2.75) is 57.9 Å². The highest BCUT2D eigenvalue weighted by Gasteiger charge is 2.24. The summed E-state index contributed by atoms with van der Waals surface area (Å²) in [5, 5.41) is 3.72. The molecule has 4 heteroatoms. The third-order valence-corrected chi connectivity index (χ3v) is 5.27. The fraction of sp³-hybridized carbons (Fsp3) is 0.941. The summed E-state index contributed by atoms with van der Waals surface area (Å²) in [6.07, 6.45) is 9.24. The van der Waals surface area contributed by atoms with E-state index < -0.39 is 0 Å². The molecule has 21 heavy (non-hydrogen) atoms. The first kappa shape index (κ1) is 16.6. The Hall–Kier alpha value is -0.770. The van der Waals surface area contributed by atoms with Gasteiger partial charge in [0.25, 0.3) is 0 Å². The van der Waals surface area contributed by atoms with Crippen LogP contribution in [0.2, 0.25) is 0 Å². The monoisotopic (exact) mass is 295 g/mol. The molecule has 0 radical (unpaired) electrons. The van der Waals surface area contributed by atoms with Crippen LogP contribution >= 0.6 is 0 Å². The van der Waals surface area contributed by atoms with Gasteiger partial charge < -0.3 is 15.1 Å². The molecular weight excluding hydrogens is 262 g/mol. The summed E-state index contributed by atoms with van der Waals surface area (Å²) >= 11 is 0. The highest BCUT2D eigenvalue weighted by Crippen LogP contribution is 2.30. The van der Waals surface area contributed by atoms with Crippen molar-refractivity contribution in [1.29, 1.82) is 0 Å². The summed E-state index contributed by atoms with van der Waals surface area (Å²) in [6.45, 7) is 5.34. The van der Waals surface area contributed by atoms with E-state index in [2.05, 4.69) is 12.2 Å². The topological polar surface area (TPSA) is 35.6 Å². The van der Waals surface area contributed by atoms with Crippen molar-refractivity contribution in [2.75, 3.05) is 33.7 Å². The summed E-state index contributed by atoms with van der Waals surface area (Å²) in [7, 11) is 3.66. The van der Waals surface area contributed by atoms with Crippen LogP contribution in [-0.4, -0.2) is 55.6 Å². The lowest BCUT2D eigenvalue weighted by atomic mass is 9.81. The first-order chi connectivity index (χ1) is 10.1. The molecule has 0 bridgehead atoms. The predicted octanol–water partition coefficient (Wildman–Crippen LogP) is 2.94. The van der Waals surface area contributed by atoms with Crippen LogP contribution in [0.4, 0.5) is 4.79 Å². The second-order valence-corrected chi connectivity index (χ2v) is 7.31. The maximum atomic E-state index is 11.9. The van der Waals surface area contributed by atoms with Gasteiger partial charge in [-0.05, 0) is 37.6 Å². The molecule has 1 saturated heterocycles. The first-order valence-electron chi connectivity index (χ1n) is 8.76. The lowest BCUT2D eigenvalue weighted by Crippen LogP contribution is -2.48. The molecule has 1 heterocycles. The highest BCUT2D eigenvalue weighted by molar-refractivity contribution is 5.73. The van der Waals surface area contributed by atoms with E-state index in [9.17, 15) is 4.79 Å². The molecule has 1 N–H and O–H groups in total. The molecule has 2 aliphatic rings. The molecule has 2 amide bonds. The molecule has 0 spiro atoms. The molecule has 0 atom stereocenters. The number of nitrogens with zero attached hydrogens (tertiary/aromatic N) is 2. The molecule has 0 aromatic rings. The van der Waals surface area contributed by atoms with E-state index in [0.29, 0.717) is 6.04 Å². The Balaban J connectivity index is 1.58. The third kappa shape index (κ3) is 5.17. The van der Waals surface area contributed by atoms with Gasteiger partial charge in [-0.2, -0.15) is 0 Å². The van der Waals surface area contributed by atoms with Gasteiger partial charge in [-0.1, -0.05) is 32.6 Å². The van der Waals surface area contributed by atoms with Crippen molar-refractivity contribution < 1.29 is 4.79 Å². The number of likely N-dealkylation sites (tertiary alicyclic amines) is 1.